The van der Waals surface area contributed by atoms with E-state index in [1.807, 2.05) is 18.2 Å². The summed E-state index contributed by atoms with van der Waals surface area (Å²) in [7, 11) is 0. The van der Waals surface area contributed by atoms with Crippen molar-refractivity contribution in [3.8, 4) is 11.4 Å². The minimum absolute atomic E-state index is 0.0518. The summed E-state index contributed by atoms with van der Waals surface area (Å²) in [6, 6.07) is 27.3. The Morgan fingerprint density at radius 1 is 0.862 bits per heavy atom. The topological polar surface area (TPSA) is 51.0 Å². The quantitative estimate of drug-likeness (QED) is 0.459. The van der Waals surface area contributed by atoms with E-state index in [2.05, 4.69) is 90.0 Å². The molecule has 4 nitrogen and oxygen atoms in total. The van der Waals surface area contributed by atoms with Gasteiger partial charge in [-0.1, -0.05) is 96.5 Å². The maximum atomic E-state index is 5.49. The Morgan fingerprint density at radius 2 is 1.55 bits per heavy atom. The zero-order chi connectivity index (χ0) is 20.1. The average Bonchev–Trinajstić information content (AvgIpc) is 3.25. The van der Waals surface area contributed by atoms with Crippen molar-refractivity contribution >= 4 is 0 Å². The van der Waals surface area contributed by atoms with E-state index >= 15 is 0 Å². The second-order valence-electron chi connectivity index (χ2n) is 7.20. The van der Waals surface area contributed by atoms with Crippen LogP contribution < -0.4 is 5.32 Å². The summed E-state index contributed by atoms with van der Waals surface area (Å²) in [4.78, 5) is 4.57. The lowest BCUT2D eigenvalue weighted by Crippen LogP contribution is -2.22. The van der Waals surface area contributed by atoms with E-state index in [0.29, 0.717) is 18.3 Å². The summed E-state index contributed by atoms with van der Waals surface area (Å²) < 4.78 is 5.49. The van der Waals surface area contributed by atoms with E-state index in [1.54, 1.807) is 0 Å². The fourth-order valence-electron chi connectivity index (χ4n) is 3.36. The lowest BCUT2D eigenvalue weighted by molar-refractivity contribution is 0.363. The van der Waals surface area contributed by atoms with Gasteiger partial charge in [0.05, 0.1) is 12.6 Å². The Morgan fingerprint density at radius 3 is 2.24 bits per heavy atom. The molecule has 3 aromatic carbocycles. The largest absolute Gasteiger partial charge is 0.338 e. The lowest BCUT2D eigenvalue weighted by Gasteiger charge is -2.19. The summed E-state index contributed by atoms with van der Waals surface area (Å²) in [6.07, 6.45) is 1.02. The Labute approximate surface area is 171 Å². The molecule has 146 valence electrons. The minimum Gasteiger partial charge on any atom is -0.338 e. The van der Waals surface area contributed by atoms with Crippen molar-refractivity contribution in [3.63, 3.8) is 0 Å². The molecule has 0 aliphatic rings. The van der Waals surface area contributed by atoms with Crippen molar-refractivity contribution in [3.05, 3.63) is 107 Å². The molecule has 0 amide bonds. The van der Waals surface area contributed by atoms with Crippen LogP contribution in [0, 0.1) is 6.92 Å². The molecule has 0 aliphatic heterocycles. The van der Waals surface area contributed by atoms with Gasteiger partial charge in [-0.05, 0) is 30.0 Å². The molecule has 0 fully saturated rings. The molecular weight excluding hydrogens is 358 g/mol. The van der Waals surface area contributed by atoms with E-state index < -0.39 is 0 Å². The minimum atomic E-state index is 0.0518. The van der Waals surface area contributed by atoms with Gasteiger partial charge in [-0.25, -0.2) is 0 Å². The second kappa shape index (κ2) is 8.84. The van der Waals surface area contributed by atoms with Gasteiger partial charge in [0.2, 0.25) is 11.7 Å². The standard InChI is InChI=1S/C25H25N3O/c1-3-19-11-15-22(16-12-19)25-27-23(29-28-25)17-26-24(20-7-5-4-6-8-20)21-13-9-18(2)10-14-21/h4-16,24,26H,3,17H2,1-2H3/t24-/m0/s1. The first kappa shape index (κ1) is 19.1. The molecule has 0 saturated carbocycles. The van der Waals surface area contributed by atoms with Crippen LogP contribution in [0.2, 0.25) is 0 Å². The van der Waals surface area contributed by atoms with Crippen molar-refractivity contribution < 1.29 is 4.52 Å². The van der Waals surface area contributed by atoms with Gasteiger partial charge in [0.15, 0.2) is 0 Å². The van der Waals surface area contributed by atoms with Gasteiger partial charge >= 0.3 is 0 Å². The van der Waals surface area contributed by atoms with Gasteiger partial charge in [0.25, 0.3) is 0 Å². The summed E-state index contributed by atoms with van der Waals surface area (Å²) in [5.74, 6) is 1.20. The van der Waals surface area contributed by atoms with Crippen molar-refractivity contribution in [2.75, 3.05) is 0 Å². The van der Waals surface area contributed by atoms with Gasteiger partial charge in [-0.15, -0.1) is 0 Å². The van der Waals surface area contributed by atoms with Crippen LogP contribution >= 0.6 is 0 Å². The first-order chi connectivity index (χ1) is 14.2. The highest BCUT2D eigenvalue weighted by Crippen LogP contribution is 2.23. The molecular formula is C25H25N3O. The third-order valence-electron chi connectivity index (χ3n) is 5.09. The van der Waals surface area contributed by atoms with Crippen LogP contribution in [0.5, 0.6) is 0 Å². The number of hydrogen-bond acceptors (Lipinski definition) is 4. The van der Waals surface area contributed by atoms with Crippen LogP contribution in [-0.2, 0) is 13.0 Å². The predicted molar refractivity (Wildman–Crippen MR) is 115 cm³/mol. The van der Waals surface area contributed by atoms with Crippen LogP contribution in [0.3, 0.4) is 0 Å². The predicted octanol–water partition coefficient (Wildman–Crippen LogP) is 5.49. The van der Waals surface area contributed by atoms with Gasteiger partial charge < -0.3 is 4.52 Å². The zero-order valence-corrected chi connectivity index (χ0v) is 16.8. The number of nitrogens with one attached hydrogen (secondary N) is 1. The molecule has 4 aromatic rings. The number of rotatable bonds is 7. The van der Waals surface area contributed by atoms with E-state index in [-0.39, 0.29) is 6.04 Å². The monoisotopic (exact) mass is 383 g/mol. The molecule has 4 rings (SSSR count). The molecule has 0 aliphatic carbocycles. The van der Waals surface area contributed by atoms with E-state index in [1.165, 1.54) is 22.3 Å². The molecule has 0 spiro atoms. The molecule has 1 aromatic heterocycles. The third-order valence-corrected chi connectivity index (χ3v) is 5.09. The molecule has 1 N–H and O–H groups in total. The first-order valence-electron chi connectivity index (χ1n) is 9.99. The summed E-state index contributed by atoms with van der Waals surface area (Å²) in [5, 5.41) is 7.73. The molecule has 1 atom stereocenters. The van der Waals surface area contributed by atoms with Crippen molar-refractivity contribution in [2.24, 2.45) is 0 Å². The van der Waals surface area contributed by atoms with Crippen molar-refractivity contribution in [1.82, 2.24) is 15.5 Å². The maximum absolute atomic E-state index is 5.49. The first-order valence-corrected chi connectivity index (χ1v) is 9.99. The highest BCUT2D eigenvalue weighted by Gasteiger charge is 2.16. The highest BCUT2D eigenvalue weighted by molar-refractivity contribution is 5.54. The number of nitrogens with zero attached hydrogens (tertiary/aromatic N) is 2. The van der Waals surface area contributed by atoms with E-state index in [9.17, 15) is 0 Å². The molecule has 0 bridgehead atoms. The van der Waals surface area contributed by atoms with Crippen LogP contribution in [-0.4, -0.2) is 10.1 Å². The van der Waals surface area contributed by atoms with Gasteiger partial charge in [-0.3, -0.25) is 5.32 Å². The van der Waals surface area contributed by atoms with Gasteiger partial charge in [0.1, 0.15) is 0 Å². The number of aryl methyl sites for hydroxylation is 2. The highest BCUT2D eigenvalue weighted by atomic mass is 16.5. The Kier molecular flexibility index (Phi) is 5.82. The van der Waals surface area contributed by atoms with Crippen LogP contribution in [0.1, 0.15) is 41.1 Å². The normalized spacial score (nSPS) is 12.1. The molecule has 4 heteroatoms. The van der Waals surface area contributed by atoms with Gasteiger partial charge in [0, 0.05) is 5.56 Å². The molecule has 0 unspecified atom stereocenters. The maximum Gasteiger partial charge on any atom is 0.240 e. The Balaban J connectivity index is 1.52. The van der Waals surface area contributed by atoms with Crippen LogP contribution in [0.25, 0.3) is 11.4 Å². The third kappa shape index (κ3) is 4.61. The number of aromatic nitrogens is 2. The Bertz CT molecular complexity index is 1040. The van der Waals surface area contributed by atoms with E-state index in [4.69, 9.17) is 4.52 Å². The lowest BCUT2D eigenvalue weighted by atomic mass is 9.98. The fraction of sp³-hybridized carbons (Fsp3) is 0.200. The zero-order valence-electron chi connectivity index (χ0n) is 16.8. The SMILES string of the molecule is CCc1ccc(-c2noc(CN[C@@H](c3ccccc3)c3ccc(C)cc3)n2)cc1. The van der Waals surface area contributed by atoms with Crippen LogP contribution in [0.15, 0.2) is 83.4 Å². The smallest absolute Gasteiger partial charge is 0.240 e. The number of benzene rings is 3. The van der Waals surface area contributed by atoms with Crippen molar-refractivity contribution in [1.29, 1.82) is 0 Å². The summed E-state index contributed by atoms with van der Waals surface area (Å²) in [6.45, 7) is 4.74. The fourth-order valence-corrected chi connectivity index (χ4v) is 3.36. The molecule has 1 heterocycles. The van der Waals surface area contributed by atoms with E-state index in [0.717, 1.165) is 12.0 Å². The second-order valence-corrected chi connectivity index (χ2v) is 7.20. The van der Waals surface area contributed by atoms with Gasteiger partial charge in [-0.2, -0.15) is 4.98 Å². The van der Waals surface area contributed by atoms with Crippen molar-refractivity contribution in [2.45, 2.75) is 32.9 Å². The number of hydrogen-bond donors (Lipinski definition) is 1. The summed E-state index contributed by atoms with van der Waals surface area (Å²) in [5.41, 5.74) is 5.91. The molecule has 0 radical (unpaired) electrons. The van der Waals surface area contributed by atoms with Crippen LogP contribution in [0.4, 0.5) is 0 Å². The average molecular weight is 383 g/mol. The summed E-state index contributed by atoms with van der Waals surface area (Å²) >= 11 is 0. The molecule has 0 saturated heterocycles. The Hall–Kier alpha value is -3.24. The molecule has 29 heavy (non-hydrogen) atoms.